The van der Waals surface area contributed by atoms with E-state index in [1.165, 1.54) is 225 Å². The predicted molar refractivity (Wildman–Crippen MR) is 317 cm³/mol. The van der Waals surface area contributed by atoms with Gasteiger partial charge in [0, 0.05) is 19.4 Å². The topological polar surface area (TPSA) is 134 Å². The highest BCUT2D eigenvalue weighted by molar-refractivity contribution is 7.47. The first-order chi connectivity index (χ1) is 36.3. The summed E-state index contributed by atoms with van der Waals surface area (Å²) < 4.78 is 33.1. The van der Waals surface area contributed by atoms with E-state index in [1.807, 2.05) is 0 Å². The molecule has 0 aliphatic rings. The quantitative estimate of drug-likeness (QED) is 0.0264. The van der Waals surface area contributed by atoms with Gasteiger partial charge in [-0.15, -0.1) is 0 Å². The molecule has 0 fully saturated rings. The second kappa shape index (κ2) is 60.2. The summed E-state index contributed by atoms with van der Waals surface area (Å²) in [5.74, 6) is -0.808. The highest BCUT2D eigenvalue weighted by atomic mass is 31.2. The van der Waals surface area contributed by atoms with Gasteiger partial charge in [-0.25, -0.2) is 4.57 Å². The molecule has 0 rings (SSSR count). The molecule has 0 saturated heterocycles. The van der Waals surface area contributed by atoms with Crippen LogP contribution in [0.3, 0.4) is 0 Å². The number of carbonyl (C=O) groups excluding carboxylic acids is 2. The zero-order valence-corrected chi connectivity index (χ0v) is 49.5. The van der Waals surface area contributed by atoms with Gasteiger partial charge in [-0.05, 0) is 51.4 Å². The molecule has 0 aromatic heterocycles. The molecule has 9 nitrogen and oxygen atoms in total. The van der Waals surface area contributed by atoms with Crippen LogP contribution in [0.1, 0.15) is 316 Å². The SMILES string of the molecule is CC/C=C\C/C=C\C/C=C\C/C=C\CCCCCCCCCCCCCCCCCCCCCCCCCCC(=O)OC(COC(=O)CCCCCCCCCCCCCCCCCC)COP(=O)(O)OCCN. The Balaban J connectivity index is 3.78. The average Bonchev–Trinajstić information content (AvgIpc) is 3.39. The van der Waals surface area contributed by atoms with E-state index >= 15 is 0 Å². The van der Waals surface area contributed by atoms with Crippen LogP contribution in [0.2, 0.25) is 0 Å². The van der Waals surface area contributed by atoms with Crippen molar-refractivity contribution in [3.8, 4) is 0 Å². The number of carbonyl (C=O) groups is 2. The van der Waals surface area contributed by atoms with Crippen LogP contribution < -0.4 is 5.73 Å². The second-order valence-corrected chi connectivity index (χ2v) is 22.7. The molecule has 0 aliphatic carbocycles. The lowest BCUT2D eigenvalue weighted by molar-refractivity contribution is -0.161. The third-order valence-corrected chi connectivity index (χ3v) is 15.0. The Morgan fingerprint density at radius 3 is 1.11 bits per heavy atom. The Morgan fingerprint density at radius 2 is 0.743 bits per heavy atom. The third-order valence-electron chi connectivity index (χ3n) is 14.0. The first-order valence-electron chi connectivity index (χ1n) is 31.6. The molecule has 2 atom stereocenters. The van der Waals surface area contributed by atoms with E-state index in [9.17, 15) is 19.0 Å². The Hall–Kier alpha value is -2.03. The van der Waals surface area contributed by atoms with Crippen molar-refractivity contribution in [2.24, 2.45) is 5.73 Å². The Kier molecular flexibility index (Phi) is 58.6. The van der Waals surface area contributed by atoms with Crippen LogP contribution in [0.4, 0.5) is 0 Å². The Bertz CT molecular complexity index is 1350. The minimum absolute atomic E-state index is 0.0562. The maximum absolute atomic E-state index is 12.7. The average molecular weight is 1060 g/mol. The smallest absolute Gasteiger partial charge is 0.462 e. The number of unbranched alkanes of at least 4 members (excludes halogenated alkanes) is 39. The van der Waals surface area contributed by atoms with Gasteiger partial charge in [0.2, 0.25) is 0 Å². The zero-order chi connectivity index (χ0) is 53.8. The maximum atomic E-state index is 12.7. The lowest BCUT2D eigenvalue weighted by Gasteiger charge is -2.19. The zero-order valence-electron chi connectivity index (χ0n) is 48.6. The molecule has 10 heteroatoms. The molecule has 3 N–H and O–H groups in total. The summed E-state index contributed by atoms with van der Waals surface area (Å²) >= 11 is 0. The van der Waals surface area contributed by atoms with Gasteiger partial charge in [-0.1, -0.05) is 300 Å². The minimum Gasteiger partial charge on any atom is -0.462 e. The van der Waals surface area contributed by atoms with Crippen LogP contribution >= 0.6 is 7.82 Å². The lowest BCUT2D eigenvalue weighted by Crippen LogP contribution is -2.29. The van der Waals surface area contributed by atoms with Crippen molar-refractivity contribution in [3.05, 3.63) is 48.6 Å². The number of esters is 2. The summed E-state index contributed by atoms with van der Waals surface area (Å²) in [6.45, 7) is 3.68. The van der Waals surface area contributed by atoms with Gasteiger partial charge in [0.25, 0.3) is 0 Å². The molecule has 0 heterocycles. The molecule has 0 bridgehead atoms. The highest BCUT2D eigenvalue weighted by Crippen LogP contribution is 2.43. The van der Waals surface area contributed by atoms with Gasteiger partial charge in [-0.3, -0.25) is 18.6 Å². The fraction of sp³-hybridized carbons (Fsp3) is 0.844. The normalized spacial score (nSPS) is 13.3. The van der Waals surface area contributed by atoms with E-state index in [1.54, 1.807) is 0 Å². The van der Waals surface area contributed by atoms with Crippen LogP contribution in [-0.4, -0.2) is 49.3 Å². The molecule has 0 amide bonds. The van der Waals surface area contributed by atoms with Gasteiger partial charge in [0.1, 0.15) is 6.61 Å². The number of hydrogen-bond acceptors (Lipinski definition) is 8. The van der Waals surface area contributed by atoms with Crippen molar-refractivity contribution in [2.45, 2.75) is 322 Å². The number of allylic oxidation sites excluding steroid dienone is 8. The van der Waals surface area contributed by atoms with E-state index in [0.717, 1.165) is 57.8 Å². The summed E-state index contributed by atoms with van der Waals surface area (Å²) in [5.41, 5.74) is 5.39. The predicted octanol–water partition coefficient (Wildman–Crippen LogP) is 20.1. The molecule has 74 heavy (non-hydrogen) atoms. The molecule has 0 aliphatic heterocycles. The van der Waals surface area contributed by atoms with E-state index in [-0.39, 0.29) is 38.6 Å². The minimum atomic E-state index is -4.38. The summed E-state index contributed by atoms with van der Waals surface area (Å²) in [7, 11) is -4.38. The Morgan fingerprint density at radius 1 is 0.419 bits per heavy atom. The van der Waals surface area contributed by atoms with Crippen LogP contribution in [0.25, 0.3) is 0 Å². The van der Waals surface area contributed by atoms with Crippen LogP contribution in [-0.2, 0) is 32.7 Å². The fourth-order valence-corrected chi connectivity index (χ4v) is 10.1. The highest BCUT2D eigenvalue weighted by Gasteiger charge is 2.26. The first kappa shape index (κ1) is 72.0. The first-order valence-corrected chi connectivity index (χ1v) is 33.1. The number of ether oxygens (including phenoxy) is 2. The fourth-order valence-electron chi connectivity index (χ4n) is 9.34. The summed E-state index contributed by atoms with van der Waals surface area (Å²) in [6.07, 6.45) is 74.8. The van der Waals surface area contributed by atoms with Crippen molar-refractivity contribution in [1.29, 1.82) is 0 Å². The molecule has 0 saturated carbocycles. The maximum Gasteiger partial charge on any atom is 0.472 e. The van der Waals surface area contributed by atoms with Gasteiger partial charge in [-0.2, -0.15) is 0 Å². The molecular formula is C64H120NO8P. The molecule has 0 aromatic rings. The standard InChI is InChI=1S/C64H120NO8P/c1-3-5-7-9-11-13-15-17-19-21-22-23-24-25-26-27-28-29-30-31-32-33-34-35-36-37-38-39-40-41-43-45-47-49-51-53-55-57-64(67)73-62(61-72-74(68,69)71-59-58-65)60-70-63(66)56-54-52-50-48-46-44-42-20-18-16-14-12-10-8-6-4-2/h5,7,11,13,17,19,22-23,62H,3-4,6,8-10,12,14-16,18,20-21,24-61,65H2,1-2H3,(H,68,69)/b7-5-,13-11-,19-17-,23-22-. The summed E-state index contributed by atoms with van der Waals surface area (Å²) in [6, 6.07) is 0. The number of phosphoric acid groups is 1. The molecule has 0 aromatic carbocycles. The van der Waals surface area contributed by atoms with Crippen molar-refractivity contribution >= 4 is 19.8 Å². The largest absolute Gasteiger partial charge is 0.472 e. The van der Waals surface area contributed by atoms with Gasteiger partial charge in [0.05, 0.1) is 13.2 Å². The van der Waals surface area contributed by atoms with Crippen molar-refractivity contribution in [2.75, 3.05) is 26.4 Å². The van der Waals surface area contributed by atoms with E-state index in [2.05, 4.69) is 62.5 Å². The van der Waals surface area contributed by atoms with E-state index < -0.39 is 26.5 Å². The molecule has 0 radical (unpaired) electrons. The van der Waals surface area contributed by atoms with Crippen LogP contribution in [0.15, 0.2) is 48.6 Å². The van der Waals surface area contributed by atoms with Crippen molar-refractivity contribution in [1.82, 2.24) is 0 Å². The van der Waals surface area contributed by atoms with Crippen molar-refractivity contribution in [3.63, 3.8) is 0 Å². The lowest BCUT2D eigenvalue weighted by atomic mass is 10.0. The number of hydrogen-bond donors (Lipinski definition) is 2. The van der Waals surface area contributed by atoms with Crippen molar-refractivity contribution < 1.29 is 37.6 Å². The van der Waals surface area contributed by atoms with E-state index in [0.29, 0.717) is 6.42 Å². The van der Waals surface area contributed by atoms with Gasteiger partial charge < -0.3 is 20.1 Å². The molecule has 0 spiro atoms. The molecule has 2 unspecified atom stereocenters. The third kappa shape index (κ3) is 59.2. The number of nitrogens with two attached hydrogens (primary N) is 1. The summed E-state index contributed by atoms with van der Waals surface area (Å²) in [5, 5.41) is 0. The summed E-state index contributed by atoms with van der Waals surface area (Å²) in [4.78, 5) is 35.2. The van der Waals surface area contributed by atoms with E-state index in [4.69, 9.17) is 24.3 Å². The van der Waals surface area contributed by atoms with Crippen LogP contribution in [0.5, 0.6) is 0 Å². The number of rotatable bonds is 60. The monoisotopic (exact) mass is 1060 g/mol. The van der Waals surface area contributed by atoms with Crippen LogP contribution in [0, 0.1) is 0 Å². The second-order valence-electron chi connectivity index (χ2n) is 21.3. The molecular weight excluding hydrogens is 942 g/mol. The van der Waals surface area contributed by atoms with Gasteiger partial charge >= 0.3 is 19.8 Å². The Labute approximate surface area is 457 Å². The van der Waals surface area contributed by atoms with Gasteiger partial charge in [0.15, 0.2) is 6.10 Å². The number of phosphoric ester groups is 1. The molecule has 434 valence electrons.